The minimum Gasteiger partial charge on any atom is -0.488 e. The van der Waals surface area contributed by atoms with Gasteiger partial charge in [-0.15, -0.1) is 0 Å². The molecule has 0 saturated carbocycles. The van der Waals surface area contributed by atoms with Gasteiger partial charge in [-0.1, -0.05) is 54.6 Å². The van der Waals surface area contributed by atoms with Crippen LogP contribution in [0.25, 0.3) is 11.1 Å². The van der Waals surface area contributed by atoms with Crippen molar-refractivity contribution in [2.45, 2.75) is 35.8 Å². The number of amides is 3. The Kier molecular flexibility index (Phi) is 10.2. The lowest BCUT2D eigenvalue weighted by Crippen LogP contribution is -2.58. The Morgan fingerprint density at radius 2 is 1.66 bits per heavy atom. The van der Waals surface area contributed by atoms with Crippen LogP contribution in [0.2, 0.25) is 0 Å². The maximum absolute atomic E-state index is 14.8. The number of nitrogens with one attached hydrogen (secondary N) is 2. The molecule has 6 bridgehead atoms. The molecule has 0 spiro atoms. The van der Waals surface area contributed by atoms with Crippen LogP contribution in [-0.2, 0) is 26.9 Å². The van der Waals surface area contributed by atoms with E-state index >= 15 is 0 Å². The number of nitrogens with zero attached hydrogens (tertiary/aromatic N) is 2. The van der Waals surface area contributed by atoms with Crippen molar-refractivity contribution in [3.8, 4) is 22.6 Å². The third kappa shape index (κ3) is 8.36. The molecule has 3 heterocycles. The van der Waals surface area contributed by atoms with E-state index in [1.165, 1.54) is 35.4 Å². The lowest BCUT2D eigenvalue weighted by molar-refractivity contribution is -0.123. The Labute approximate surface area is 305 Å². The van der Waals surface area contributed by atoms with E-state index in [1.54, 1.807) is 79.0 Å². The van der Waals surface area contributed by atoms with Gasteiger partial charge in [0.05, 0.1) is 27.8 Å². The summed E-state index contributed by atoms with van der Waals surface area (Å²) in [5, 5.41) is 5.73. The second-order valence-corrected chi connectivity index (χ2v) is 14.8. The zero-order valence-electron chi connectivity index (χ0n) is 28.4. The van der Waals surface area contributed by atoms with Crippen molar-refractivity contribution in [2.75, 3.05) is 19.7 Å². The van der Waals surface area contributed by atoms with Crippen molar-refractivity contribution in [3.05, 3.63) is 144 Å². The predicted octanol–water partition coefficient (Wildman–Crippen LogP) is 4.96. The highest BCUT2D eigenvalue weighted by molar-refractivity contribution is 7.90. The van der Waals surface area contributed by atoms with Gasteiger partial charge >= 0.3 is 0 Å². The molecular weight excluding hydrogens is 700 g/mol. The van der Waals surface area contributed by atoms with Gasteiger partial charge < -0.3 is 25.0 Å². The molecule has 270 valence electrons. The molecule has 13 heteroatoms. The first-order valence-electron chi connectivity index (χ1n) is 17.0. The maximum atomic E-state index is 14.8. The van der Waals surface area contributed by atoms with Crippen LogP contribution < -0.4 is 20.1 Å². The minimum atomic E-state index is -3.91. The van der Waals surface area contributed by atoms with Crippen molar-refractivity contribution in [2.24, 2.45) is 0 Å². The molecule has 11 nitrogen and oxygen atoms in total. The molecule has 2 N–H and O–H groups in total. The molecular formula is C40H35FN4O7S. The Bertz CT molecular complexity index is 2290. The van der Waals surface area contributed by atoms with E-state index < -0.39 is 45.5 Å². The van der Waals surface area contributed by atoms with Crippen LogP contribution in [0, 0.1) is 5.82 Å². The monoisotopic (exact) mass is 734 g/mol. The van der Waals surface area contributed by atoms with Crippen LogP contribution in [0.3, 0.4) is 0 Å². The lowest BCUT2D eigenvalue weighted by atomic mass is 9.99. The summed E-state index contributed by atoms with van der Waals surface area (Å²) in [4.78, 5) is 46.3. The number of benzene rings is 4. The van der Waals surface area contributed by atoms with Gasteiger partial charge in [0.25, 0.3) is 17.7 Å². The number of halogens is 1. The second-order valence-electron chi connectivity index (χ2n) is 12.9. The molecule has 4 aromatic carbocycles. The van der Waals surface area contributed by atoms with Crippen molar-refractivity contribution >= 4 is 27.6 Å². The Hall–Kier alpha value is -6.08. The average molecular weight is 735 g/mol. The van der Waals surface area contributed by atoms with Gasteiger partial charge in [-0.05, 0) is 59.2 Å². The number of hydrogen-bond acceptors (Lipinski definition) is 8. The van der Waals surface area contributed by atoms with E-state index in [2.05, 4.69) is 15.6 Å². The maximum Gasteiger partial charge on any atom is 0.258 e. The van der Waals surface area contributed by atoms with E-state index in [0.717, 1.165) is 0 Å². The summed E-state index contributed by atoms with van der Waals surface area (Å²) in [6.45, 7) is -0.139. The number of ether oxygens (including phenoxy) is 2. The van der Waals surface area contributed by atoms with Crippen LogP contribution in [0.15, 0.2) is 120 Å². The standard InChI is InChI=1S/C40H35FN4O7S/c41-31-15-27-16-33(19-31)52-36-13-14-45(40(48)34-11-4-5-12-37(34)53(49,50)25-26-7-2-1-3-8-26)23-35(36)44-39(47)30-17-29(21-42-22-30)28-9-6-10-32(18-28)51-24-38(46)43-20-27/h1-12,15-19,21-22,35-36H,13-14,20,23-25H2,(H,43,46)(H,44,47)/t35-,36+/m1/s1. The molecule has 0 radical (unpaired) electrons. The first kappa shape index (κ1) is 35.3. The summed E-state index contributed by atoms with van der Waals surface area (Å²) in [5.74, 6) is -1.69. The van der Waals surface area contributed by atoms with E-state index in [9.17, 15) is 27.2 Å². The van der Waals surface area contributed by atoms with E-state index in [0.29, 0.717) is 28.0 Å². The largest absolute Gasteiger partial charge is 0.488 e. The normalized spacial score (nSPS) is 17.7. The zero-order chi connectivity index (χ0) is 37.0. The molecule has 3 amide bonds. The fourth-order valence-electron chi connectivity index (χ4n) is 6.46. The number of carbonyl (C=O) groups is 3. The lowest BCUT2D eigenvalue weighted by Gasteiger charge is -2.39. The zero-order valence-corrected chi connectivity index (χ0v) is 29.2. The molecule has 1 aromatic heterocycles. The number of aromatic nitrogens is 1. The number of carbonyl (C=O) groups excluding carboxylic acids is 3. The molecule has 1 saturated heterocycles. The molecule has 5 aromatic rings. The fourth-order valence-corrected chi connectivity index (χ4v) is 8.02. The molecule has 2 aliphatic heterocycles. The topological polar surface area (TPSA) is 144 Å². The van der Waals surface area contributed by atoms with Gasteiger partial charge in [0.1, 0.15) is 23.4 Å². The van der Waals surface area contributed by atoms with E-state index in [1.807, 2.05) is 6.07 Å². The molecule has 0 aliphatic carbocycles. The third-order valence-electron chi connectivity index (χ3n) is 9.05. The number of rotatable bonds is 4. The SMILES string of the molecule is O=C1COc2cccc(c2)-c2cncc(c2)C(=O)N[C@@H]2CN(C(=O)c3ccccc3S(=O)(=O)Cc3ccccc3)CC[C@@H]2Oc2cc(F)cc(c2)CN1. The molecule has 1 fully saturated rings. The van der Waals surface area contributed by atoms with Gasteiger partial charge in [0, 0.05) is 50.1 Å². The highest BCUT2D eigenvalue weighted by Crippen LogP contribution is 2.28. The molecule has 2 atom stereocenters. The van der Waals surface area contributed by atoms with Crippen molar-refractivity contribution < 1.29 is 36.7 Å². The van der Waals surface area contributed by atoms with Crippen LogP contribution in [0.5, 0.6) is 11.5 Å². The van der Waals surface area contributed by atoms with Gasteiger partial charge in [-0.2, -0.15) is 0 Å². The quantitative estimate of drug-likeness (QED) is 0.264. The average Bonchev–Trinajstić information content (AvgIpc) is 3.16. The minimum absolute atomic E-state index is 0.00750. The van der Waals surface area contributed by atoms with Crippen LogP contribution in [0.4, 0.5) is 4.39 Å². The van der Waals surface area contributed by atoms with Crippen molar-refractivity contribution in [1.82, 2.24) is 20.5 Å². The van der Waals surface area contributed by atoms with Gasteiger partial charge in [0.15, 0.2) is 16.4 Å². The first-order chi connectivity index (χ1) is 25.6. The predicted molar refractivity (Wildman–Crippen MR) is 193 cm³/mol. The Morgan fingerprint density at radius 3 is 2.51 bits per heavy atom. The highest BCUT2D eigenvalue weighted by atomic mass is 32.2. The molecule has 53 heavy (non-hydrogen) atoms. The molecule has 7 rings (SSSR count). The number of fused-ring (bicyclic) bond motifs is 8. The summed E-state index contributed by atoms with van der Waals surface area (Å²) >= 11 is 0. The highest BCUT2D eigenvalue weighted by Gasteiger charge is 2.36. The summed E-state index contributed by atoms with van der Waals surface area (Å²) in [6, 6.07) is 26.8. The number of likely N-dealkylation sites (tertiary alicyclic amines) is 1. The van der Waals surface area contributed by atoms with Crippen LogP contribution >= 0.6 is 0 Å². The van der Waals surface area contributed by atoms with Gasteiger partial charge in [-0.3, -0.25) is 19.4 Å². The summed E-state index contributed by atoms with van der Waals surface area (Å²) in [5.41, 5.74) is 2.61. The summed E-state index contributed by atoms with van der Waals surface area (Å²) in [7, 11) is -3.91. The van der Waals surface area contributed by atoms with E-state index in [4.69, 9.17) is 9.47 Å². The number of hydrogen-bond donors (Lipinski definition) is 2. The first-order valence-corrected chi connectivity index (χ1v) is 18.6. The smallest absolute Gasteiger partial charge is 0.258 e. The van der Waals surface area contributed by atoms with Crippen molar-refractivity contribution in [1.29, 1.82) is 0 Å². The third-order valence-corrected chi connectivity index (χ3v) is 10.8. The van der Waals surface area contributed by atoms with Gasteiger partial charge in [-0.25, -0.2) is 12.8 Å². The molecule has 2 aliphatic rings. The van der Waals surface area contributed by atoms with Crippen LogP contribution in [-0.4, -0.2) is 67.9 Å². The van der Waals surface area contributed by atoms with Gasteiger partial charge in [0.2, 0.25) is 0 Å². The number of sulfone groups is 1. The summed E-state index contributed by atoms with van der Waals surface area (Å²) in [6.07, 6.45) is 2.52. The Morgan fingerprint density at radius 1 is 0.868 bits per heavy atom. The molecule has 0 unspecified atom stereocenters. The summed E-state index contributed by atoms with van der Waals surface area (Å²) < 4.78 is 54.1. The Balaban J connectivity index is 1.20. The second kappa shape index (κ2) is 15.3. The van der Waals surface area contributed by atoms with E-state index in [-0.39, 0.29) is 60.2 Å². The fraction of sp³-hybridized carbons (Fsp3) is 0.200. The number of pyridine rings is 1. The number of piperidine rings is 1. The van der Waals surface area contributed by atoms with Crippen LogP contribution in [0.1, 0.15) is 38.3 Å². The van der Waals surface area contributed by atoms with Crippen molar-refractivity contribution in [3.63, 3.8) is 0 Å².